The van der Waals surface area contributed by atoms with E-state index in [9.17, 15) is 0 Å². The third kappa shape index (κ3) is 2.24. The maximum atomic E-state index is 4.82. The lowest BCUT2D eigenvalue weighted by Crippen LogP contribution is -1.87. The van der Waals surface area contributed by atoms with Crippen molar-refractivity contribution in [2.45, 2.75) is 13.8 Å². The van der Waals surface area contributed by atoms with Gasteiger partial charge in [-0.1, -0.05) is 0 Å². The van der Waals surface area contributed by atoms with E-state index in [1.807, 2.05) is 19.9 Å². The smallest absolute Gasteiger partial charge is 0.197 e. The Morgan fingerprint density at radius 2 is 2.10 bits per heavy atom. The van der Waals surface area contributed by atoms with E-state index in [1.54, 1.807) is 0 Å². The van der Waals surface area contributed by atoms with Crippen molar-refractivity contribution in [3.63, 3.8) is 0 Å². The predicted molar refractivity (Wildman–Crippen MR) is 42.5 cm³/mol. The van der Waals surface area contributed by atoms with Crippen molar-refractivity contribution < 1.29 is 5.48 Å². The molecule has 0 saturated carbocycles. The molecule has 0 bridgehead atoms. The van der Waals surface area contributed by atoms with Gasteiger partial charge in [0.2, 0.25) is 0 Å². The van der Waals surface area contributed by atoms with E-state index >= 15 is 0 Å². The molecule has 0 aliphatic carbocycles. The molecule has 3 N–H and O–H groups in total. The average Bonchev–Trinajstić information content (AvgIpc) is 1.59. The minimum Gasteiger partial charge on any atom is -0.412 e. The van der Waals surface area contributed by atoms with Crippen molar-refractivity contribution in [3.05, 3.63) is 22.2 Å². The number of aromatic nitrogens is 2. The highest BCUT2D eigenvalue weighted by atomic mass is 32.1. The van der Waals surface area contributed by atoms with E-state index in [0.717, 1.165) is 11.4 Å². The van der Waals surface area contributed by atoms with Crippen LogP contribution >= 0.6 is 12.2 Å². The van der Waals surface area contributed by atoms with Gasteiger partial charge in [-0.2, -0.15) is 0 Å². The first-order valence-corrected chi connectivity index (χ1v) is 3.14. The van der Waals surface area contributed by atoms with Crippen molar-refractivity contribution in [1.82, 2.24) is 9.97 Å². The van der Waals surface area contributed by atoms with Gasteiger partial charge in [-0.25, -0.2) is 4.98 Å². The van der Waals surface area contributed by atoms with Crippen molar-refractivity contribution in [1.29, 1.82) is 0 Å². The summed E-state index contributed by atoms with van der Waals surface area (Å²) >= 11 is 4.82. The zero-order chi connectivity index (χ0) is 6.85. The Kier molecular flexibility index (Phi) is 3.18. The highest BCUT2D eigenvalue weighted by molar-refractivity contribution is 7.71. The summed E-state index contributed by atoms with van der Waals surface area (Å²) in [6.45, 7) is 3.89. The van der Waals surface area contributed by atoms with Crippen LogP contribution in [0.5, 0.6) is 0 Å². The average molecular weight is 158 g/mol. The summed E-state index contributed by atoms with van der Waals surface area (Å²) in [6.07, 6.45) is 0. The van der Waals surface area contributed by atoms with E-state index in [2.05, 4.69) is 9.97 Å². The van der Waals surface area contributed by atoms with Crippen LogP contribution in [0.3, 0.4) is 0 Å². The van der Waals surface area contributed by atoms with Gasteiger partial charge in [0.1, 0.15) is 0 Å². The molecule has 0 aliphatic rings. The van der Waals surface area contributed by atoms with Crippen molar-refractivity contribution in [2.75, 3.05) is 0 Å². The van der Waals surface area contributed by atoms with Crippen LogP contribution in [-0.4, -0.2) is 15.4 Å². The topological polar surface area (TPSA) is 60.2 Å². The molecule has 3 nitrogen and oxygen atoms in total. The molecule has 0 aliphatic heterocycles. The first-order chi connectivity index (χ1) is 4.18. The molecule has 0 aromatic carbocycles. The normalized spacial score (nSPS) is 8.60. The van der Waals surface area contributed by atoms with E-state index < -0.39 is 0 Å². The summed E-state index contributed by atoms with van der Waals surface area (Å²) in [5.74, 6) is 0. The fourth-order valence-electron chi connectivity index (χ4n) is 0.738. The standard InChI is InChI=1S/C6H8N2S.H2O/c1-4-3-5(2)8-6(9)7-4;/h3H,1-2H3,(H,7,8,9);1H2. The second kappa shape index (κ2) is 3.43. The van der Waals surface area contributed by atoms with Crippen molar-refractivity contribution >= 4 is 12.2 Å². The minimum atomic E-state index is 0. The van der Waals surface area contributed by atoms with Gasteiger partial charge in [-0.3, -0.25) is 0 Å². The van der Waals surface area contributed by atoms with Crippen LogP contribution in [-0.2, 0) is 0 Å². The molecule has 0 atom stereocenters. The molecule has 56 valence electrons. The Bertz CT molecular complexity index is 245. The highest BCUT2D eigenvalue weighted by Crippen LogP contribution is 1.93. The molecule has 0 amide bonds. The molecule has 10 heavy (non-hydrogen) atoms. The Labute approximate surface area is 64.4 Å². The van der Waals surface area contributed by atoms with Crippen LogP contribution in [0.15, 0.2) is 6.07 Å². The number of H-pyrrole nitrogens is 1. The third-order valence-corrected chi connectivity index (χ3v) is 1.20. The first-order valence-electron chi connectivity index (χ1n) is 2.73. The van der Waals surface area contributed by atoms with Crippen LogP contribution < -0.4 is 0 Å². The maximum Gasteiger partial charge on any atom is 0.197 e. The molecule has 4 heteroatoms. The Morgan fingerprint density at radius 1 is 1.50 bits per heavy atom. The fourth-order valence-corrected chi connectivity index (χ4v) is 1.04. The minimum absolute atomic E-state index is 0. The van der Waals surface area contributed by atoms with Gasteiger partial charge in [0.25, 0.3) is 0 Å². The summed E-state index contributed by atoms with van der Waals surface area (Å²) < 4.78 is 0.563. The van der Waals surface area contributed by atoms with E-state index in [-0.39, 0.29) is 5.48 Å². The van der Waals surface area contributed by atoms with Crippen LogP contribution in [0.1, 0.15) is 11.4 Å². The molecule has 1 heterocycles. The first kappa shape index (κ1) is 9.26. The summed E-state index contributed by atoms with van der Waals surface area (Å²) in [6, 6.07) is 1.95. The van der Waals surface area contributed by atoms with Gasteiger partial charge >= 0.3 is 0 Å². The number of aryl methyl sites for hydroxylation is 2. The Hall–Kier alpha value is -0.740. The summed E-state index contributed by atoms with van der Waals surface area (Å²) in [5.41, 5.74) is 2.03. The number of hydrogen-bond acceptors (Lipinski definition) is 2. The number of nitrogens with one attached hydrogen (secondary N) is 1. The third-order valence-electron chi connectivity index (χ3n) is 1.01. The zero-order valence-corrected chi connectivity index (χ0v) is 6.75. The largest absolute Gasteiger partial charge is 0.412 e. The Morgan fingerprint density at radius 3 is 2.50 bits per heavy atom. The van der Waals surface area contributed by atoms with Crippen molar-refractivity contribution in [2.24, 2.45) is 0 Å². The lowest BCUT2D eigenvalue weighted by Gasteiger charge is -1.92. The second-order valence-electron chi connectivity index (χ2n) is 2.01. The summed E-state index contributed by atoms with van der Waals surface area (Å²) in [5, 5.41) is 0. The number of rotatable bonds is 0. The molecule has 0 saturated heterocycles. The fraction of sp³-hybridized carbons (Fsp3) is 0.333. The monoisotopic (exact) mass is 158 g/mol. The molecule has 1 aromatic heterocycles. The molecular formula is C6H10N2OS. The van der Waals surface area contributed by atoms with Gasteiger partial charge in [0.15, 0.2) is 4.77 Å². The van der Waals surface area contributed by atoms with E-state index in [1.165, 1.54) is 0 Å². The van der Waals surface area contributed by atoms with Gasteiger partial charge in [-0.15, -0.1) is 0 Å². The number of nitrogens with zero attached hydrogens (tertiary/aromatic N) is 1. The molecule has 0 fully saturated rings. The maximum absolute atomic E-state index is 4.82. The van der Waals surface area contributed by atoms with Crippen LogP contribution in [0.25, 0.3) is 0 Å². The molecule has 1 aromatic rings. The Balaban J connectivity index is 0.000000810. The van der Waals surface area contributed by atoms with Crippen LogP contribution in [0.4, 0.5) is 0 Å². The molecule has 0 radical (unpaired) electrons. The van der Waals surface area contributed by atoms with Gasteiger partial charge in [0.05, 0.1) is 0 Å². The van der Waals surface area contributed by atoms with Gasteiger partial charge in [0, 0.05) is 11.4 Å². The lowest BCUT2D eigenvalue weighted by atomic mass is 10.4. The van der Waals surface area contributed by atoms with E-state index in [4.69, 9.17) is 12.2 Å². The van der Waals surface area contributed by atoms with Gasteiger partial charge < -0.3 is 10.5 Å². The number of aromatic amines is 1. The summed E-state index contributed by atoms with van der Waals surface area (Å²) in [7, 11) is 0. The number of hydrogen-bond donors (Lipinski definition) is 1. The van der Waals surface area contributed by atoms with Gasteiger partial charge in [-0.05, 0) is 32.1 Å². The van der Waals surface area contributed by atoms with Crippen LogP contribution in [0.2, 0.25) is 0 Å². The molecular weight excluding hydrogens is 148 g/mol. The molecule has 0 spiro atoms. The molecule has 1 rings (SSSR count). The second-order valence-corrected chi connectivity index (χ2v) is 2.40. The summed E-state index contributed by atoms with van der Waals surface area (Å²) in [4.78, 5) is 6.91. The van der Waals surface area contributed by atoms with Crippen molar-refractivity contribution in [3.8, 4) is 0 Å². The predicted octanol–water partition coefficient (Wildman–Crippen LogP) is 0.931. The quantitative estimate of drug-likeness (QED) is 0.571. The van der Waals surface area contributed by atoms with Crippen LogP contribution in [0, 0.1) is 18.6 Å². The molecule has 0 unspecified atom stereocenters. The zero-order valence-electron chi connectivity index (χ0n) is 5.93. The SMILES string of the molecule is Cc1cc(C)[nH]c(=S)n1.O. The van der Waals surface area contributed by atoms with E-state index in [0.29, 0.717) is 4.77 Å². The lowest BCUT2D eigenvalue weighted by molar-refractivity contribution is 0.824. The highest BCUT2D eigenvalue weighted by Gasteiger charge is 1.85.